The number of nitrogens with zero attached hydrogens (tertiary/aromatic N) is 5. The van der Waals surface area contributed by atoms with E-state index in [-0.39, 0.29) is 11.8 Å². The maximum absolute atomic E-state index is 12.4. The van der Waals surface area contributed by atoms with Gasteiger partial charge in [0, 0.05) is 41.4 Å². The Morgan fingerprint density at radius 3 is 2.93 bits per heavy atom. The van der Waals surface area contributed by atoms with Crippen LogP contribution in [0.5, 0.6) is 0 Å². The van der Waals surface area contributed by atoms with Crippen LogP contribution in [0.4, 0.5) is 0 Å². The number of aromatic nitrogens is 4. The van der Waals surface area contributed by atoms with Crippen LogP contribution in [0.1, 0.15) is 25.2 Å². The van der Waals surface area contributed by atoms with Gasteiger partial charge in [-0.25, -0.2) is 4.98 Å². The third-order valence-electron chi connectivity index (χ3n) is 5.32. The standard InChI is InChI=1S/C21H25BrN6O2/c22-18-4-1-3-17(13-18)20-25-19(30-26-20)14-27-10-5-16(6-11-27)21(29)24-7-2-9-28-12-8-23-15-28/h1,3-4,8,12-13,15-16H,2,5-7,9-11,14H2,(H,24,29). The van der Waals surface area contributed by atoms with Crippen LogP contribution in [-0.2, 0) is 17.9 Å². The molecule has 9 heteroatoms. The highest BCUT2D eigenvalue weighted by Crippen LogP contribution is 2.22. The molecule has 0 saturated carbocycles. The third kappa shape index (κ3) is 5.54. The van der Waals surface area contributed by atoms with Crippen molar-refractivity contribution in [1.82, 2.24) is 29.9 Å². The van der Waals surface area contributed by atoms with Gasteiger partial charge >= 0.3 is 0 Å². The highest BCUT2D eigenvalue weighted by molar-refractivity contribution is 9.10. The Hall–Kier alpha value is -2.52. The lowest BCUT2D eigenvalue weighted by Crippen LogP contribution is -2.40. The van der Waals surface area contributed by atoms with E-state index in [0.29, 0.717) is 24.8 Å². The first-order valence-electron chi connectivity index (χ1n) is 10.2. The van der Waals surface area contributed by atoms with Crippen molar-refractivity contribution in [3.63, 3.8) is 0 Å². The highest BCUT2D eigenvalue weighted by Gasteiger charge is 2.25. The molecule has 1 saturated heterocycles. The van der Waals surface area contributed by atoms with Gasteiger partial charge in [-0.05, 0) is 44.5 Å². The molecule has 1 N–H and O–H groups in total. The third-order valence-corrected chi connectivity index (χ3v) is 5.81. The topological polar surface area (TPSA) is 89.1 Å². The van der Waals surface area contributed by atoms with Crippen LogP contribution in [0, 0.1) is 5.92 Å². The van der Waals surface area contributed by atoms with Gasteiger partial charge in [-0.3, -0.25) is 9.69 Å². The molecule has 3 aromatic rings. The van der Waals surface area contributed by atoms with Crippen molar-refractivity contribution >= 4 is 21.8 Å². The van der Waals surface area contributed by atoms with Gasteiger partial charge in [-0.15, -0.1) is 0 Å². The number of likely N-dealkylation sites (tertiary alicyclic amines) is 1. The number of halogens is 1. The number of hydrogen-bond acceptors (Lipinski definition) is 6. The van der Waals surface area contributed by atoms with Gasteiger partial charge in [0.1, 0.15) is 0 Å². The van der Waals surface area contributed by atoms with E-state index in [2.05, 4.69) is 41.3 Å². The summed E-state index contributed by atoms with van der Waals surface area (Å²) >= 11 is 3.46. The van der Waals surface area contributed by atoms with Gasteiger partial charge in [-0.1, -0.05) is 33.2 Å². The van der Waals surface area contributed by atoms with Crippen LogP contribution < -0.4 is 5.32 Å². The fourth-order valence-corrected chi connectivity index (χ4v) is 4.04. The predicted octanol–water partition coefficient (Wildman–Crippen LogP) is 3.11. The van der Waals surface area contributed by atoms with E-state index < -0.39 is 0 Å². The van der Waals surface area contributed by atoms with Crippen molar-refractivity contribution in [3.8, 4) is 11.4 Å². The van der Waals surface area contributed by atoms with Crippen molar-refractivity contribution in [1.29, 1.82) is 0 Å². The molecule has 0 bridgehead atoms. The van der Waals surface area contributed by atoms with Crippen LogP contribution in [0.15, 0.2) is 52.0 Å². The average molecular weight is 473 g/mol. The monoisotopic (exact) mass is 472 g/mol. The second-order valence-corrected chi connectivity index (χ2v) is 8.43. The summed E-state index contributed by atoms with van der Waals surface area (Å²) in [5.74, 6) is 1.44. The van der Waals surface area contributed by atoms with Crippen molar-refractivity contribution in [2.75, 3.05) is 19.6 Å². The predicted molar refractivity (Wildman–Crippen MR) is 115 cm³/mol. The Balaban J connectivity index is 1.19. The van der Waals surface area contributed by atoms with E-state index in [1.54, 1.807) is 12.5 Å². The van der Waals surface area contributed by atoms with Crippen LogP contribution >= 0.6 is 15.9 Å². The van der Waals surface area contributed by atoms with Crippen LogP contribution in [-0.4, -0.2) is 50.1 Å². The van der Waals surface area contributed by atoms with Crippen LogP contribution in [0.3, 0.4) is 0 Å². The van der Waals surface area contributed by atoms with Crippen molar-refractivity contribution in [3.05, 3.63) is 53.3 Å². The fourth-order valence-electron chi connectivity index (χ4n) is 3.65. The van der Waals surface area contributed by atoms with E-state index in [1.165, 1.54) is 0 Å². The molecule has 1 fully saturated rings. The number of benzene rings is 1. The maximum atomic E-state index is 12.4. The molecule has 1 amide bonds. The molecule has 8 nitrogen and oxygen atoms in total. The second kappa shape index (κ2) is 9.99. The van der Waals surface area contributed by atoms with E-state index in [0.717, 1.165) is 48.9 Å². The summed E-state index contributed by atoms with van der Waals surface area (Å²) in [4.78, 5) is 23.2. The largest absolute Gasteiger partial charge is 0.356 e. The lowest BCUT2D eigenvalue weighted by atomic mass is 9.96. The number of imidazole rings is 1. The Morgan fingerprint density at radius 2 is 2.17 bits per heavy atom. The molecule has 2 aromatic heterocycles. The number of carbonyl (C=O) groups is 1. The molecule has 3 heterocycles. The van der Waals surface area contributed by atoms with Gasteiger partial charge in [0.15, 0.2) is 0 Å². The van der Waals surface area contributed by atoms with Crippen molar-refractivity contribution < 1.29 is 9.32 Å². The molecule has 1 aliphatic heterocycles. The van der Waals surface area contributed by atoms with Crippen molar-refractivity contribution in [2.24, 2.45) is 5.92 Å². The first kappa shape index (κ1) is 20.7. The summed E-state index contributed by atoms with van der Waals surface area (Å²) in [5.41, 5.74) is 0.919. The van der Waals surface area contributed by atoms with E-state index in [4.69, 9.17) is 4.52 Å². The first-order valence-corrected chi connectivity index (χ1v) is 11.0. The lowest BCUT2D eigenvalue weighted by Gasteiger charge is -2.30. The molecular weight excluding hydrogens is 448 g/mol. The number of piperidine rings is 1. The smallest absolute Gasteiger partial charge is 0.241 e. The average Bonchev–Trinajstić information content (AvgIpc) is 3.44. The molecule has 0 spiro atoms. The number of amides is 1. The van der Waals surface area contributed by atoms with E-state index >= 15 is 0 Å². The SMILES string of the molecule is O=C(NCCCn1ccnc1)C1CCN(Cc2nc(-c3cccc(Br)c3)no2)CC1. The summed E-state index contributed by atoms with van der Waals surface area (Å²) in [6, 6.07) is 7.83. The summed E-state index contributed by atoms with van der Waals surface area (Å²) in [6.07, 6.45) is 8.09. The van der Waals surface area contributed by atoms with Gasteiger partial charge in [0.05, 0.1) is 12.9 Å². The zero-order chi connectivity index (χ0) is 20.8. The van der Waals surface area contributed by atoms with Gasteiger partial charge in [0.25, 0.3) is 0 Å². The van der Waals surface area contributed by atoms with E-state index in [9.17, 15) is 4.79 Å². The molecule has 0 unspecified atom stereocenters. The molecular formula is C21H25BrN6O2. The fraction of sp³-hybridized carbons (Fsp3) is 0.429. The molecule has 0 atom stereocenters. The minimum absolute atomic E-state index is 0.0782. The lowest BCUT2D eigenvalue weighted by molar-refractivity contribution is -0.126. The summed E-state index contributed by atoms with van der Waals surface area (Å²) in [5, 5.41) is 7.16. The Labute approximate surface area is 183 Å². The van der Waals surface area contributed by atoms with Gasteiger partial charge in [0.2, 0.25) is 17.6 Å². The normalized spacial score (nSPS) is 15.4. The number of rotatable bonds is 8. The number of hydrogen-bond donors (Lipinski definition) is 1. The van der Waals surface area contributed by atoms with Crippen LogP contribution in [0.2, 0.25) is 0 Å². The minimum Gasteiger partial charge on any atom is -0.356 e. The molecule has 1 aliphatic rings. The Morgan fingerprint density at radius 1 is 1.30 bits per heavy atom. The first-order chi connectivity index (χ1) is 14.7. The molecule has 0 radical (unpaired) electrons. The Bertz CT molecular complexity index is 950. The molecule has 4 rings (SSSR count). The Kier molecular flexibility index (Phi) is 6.91. The number of carbonyl (C=O) groups excluding carboxylic acids is 1. The van der Waals surface area contributed by atoms with E-state index in [1.807, 2.05) is 35.0 Å². The number of aryl methyl sites for hydroxylation is 1. The van der Waals surface area contributed by atoms with Crippen LogP contribution in [0.25, 0.3) is 11.4 Å². The summed E-state index contributed by atoms with van der Waals surface area (Å²) in [7, 11) is 0. The second-order valence-electron chi connectivity index (χ2n) is 7.52. The highest BCUT2D eigenvalue weighted by atomic mass is 79.9. The molecule has 0 aliphatic carbocycles. The zero-order valence-electron chi connectivity index (χ0n) is 16.7. The summed E-state index contributed by atoms with van der Waals surface area (Å²) in [6.45, 7) is 3.87. The molecule has 158 valence electrons. The zero-order valence-corrected chi connectivity index (χ0v) is 18.3. The van der Waals surface area contributed by atoms with Crippen molar-refractivity contribution in [2.45, 2.75) is 32.4 Å². The van der Waals surface area contributed by atoms with Gasteiger partial charge in [-0.2, -0.15) is 4.98 Å². The quantitative estimate of drug-likeness (QED) is 0.506. The maximum Gasteiger partial charge on any atom is 0.241 e. The summed E-state index contributed by atoms with van der Waals surface area (Å²) < 4.78 is 8.43. The van der Waals surface area contributed by atoms with Gasteiger partial charge < -0.3 is 14.4 Å². The number of nitrogens with one attached hydrogen (secondary N) is 1. The minimum atomic E-state index is 0.0782. The molecule has 1 aromatic carbocycles. The molecule has 30 heavy (non-hydrogen) atoms.